The molecule has 3 nitrogen and oxygen atoms in total. The first-order chi connectivity index (χ1) is 15.7. The number of amides is 1. The van der Waals surface area contributed by atoms with Crippen LogP contribution in [-0.2, 0) is 0 Å². The Morgan fingerprint density at radius 1 is 0.667 bits per heavy atom. The van der Waals surface area contributed by atoms with E-state index in [1.165, 1.54) is 15.9 Å². The highest BCUT2D eigenvalue weighted by molar-refractivity contribution is 7.96. The monoisotopic (exact) mass is 516 g/mol. The molecule has 4 rings (SSSR count). The van der Waals surface area contributed by atoms with Gasteiger partial charge in [-0.15, -0.1) is 0 Å². The van der Waals surface area contributed by atoms with Crippen molar-refractivity contribution >= 4 is 34.8 Å². The minimum atomic E-state index is -2.02. The van der Waals surface area contributed by atoms with Gasteiger partial charge in [0.05, 0.1) is 5.71 Å². The van der Waals surface area contributed by atoms with Gasteiger partial charge in [0.1, 0.15) is 29.3 Å². The van der Waals surface area contributed by atoms with Crippen molar-refractivity contribution in [3.8, 4) is 0 Å². The molecule has 0 saturated heterocycles. The van der Waals surface area contributed by atoms with Crippen molar-refractivity contribution in [3.63, 3.8) is 0 Å². The highest BCUT2D eigenvalue weighted by Crippen LogP contribution is 2.55. The van der Waals surface area contributed by atoms with Crippen LogP contribution in [0.3, 0.4) is 0 Å². The van der Waals surface area contributed by atoms with E-state index in [1.807, 2.05) is 25.1 Å². The summed E-state index contributed by atoms with van der Waals surface area (Å²) in [6, 6.07) is 41.2. The van der Waals surface area contributed by atoms with E-state index in [-0.39, 0.29) is 22.9 Å². The fourth-order valence-corrected chi connectivity index (χ4v) is 8.19. The average molecular weight is 517 g/mol. The summed E-state index contributed by atoms with van der Waals surface area (Å²) >= 11 is 0. The molecule has 166 valence electrons. The van der Waals surface area contributed by atoms with Gasteiger partial charge in [-0.3, -0.25) is 4.79 Å². The first-order valence-electron chi connectivity index (χ1n) is 10.6. The summed E-state index contributed by atoms with van der Waals surface area (Å²) in [6.07, 6.45) is 0.736. The molecular formula is C28H26BrN2OP. The van der Waals surface area contributed by atoms with Crippen LogP contribution in [0.2, 0.25) is 0 Å². The fourth-order valence-electron chi connectivity index (χ4n) is 3.95. The highest BCUT2D eigenvalue weighted by Gasteiger charge is 2.45. The Kier molecular flexibility index (Phi) is 8.71. The zero-order chi connectivity index (χ0) is 22.2. The zero-order valence-corrected chi connectivity index (χ0v) is 20.9. The van der Waals surface area contributed by atoms with Crippen LogP contribution in [-0.4, -0.2) is 17.8 Å². The maximum absolute atomic E-state index is 12.5. The summed E-state index contributed by atoms with van der Waals surface area (Å²) in [7, 11) is -2.02. The Bertz CT molecular complexity index is 1090. The van der Waals surface area contributed by atoms with E-state index in [2.05, 4.69) is 102 Å². The minimum Gasteiger partial charge on any atom is -1.00 e. The van der Waals surface area contributed by atoms with Gasteiger partial charge < -0.3 is 17.0 Å². The third-order valence-corrected chi connectivity index (χ3v) is 9.91. The van der Waals surface area contributed by atoms with Gasteiger partial charge in [-0.05, 0) is 55.5 Å². The smallest absolute Gasteiger partial charge is 0.271 e. The normalized spacial score (nSPS) is 11.4. The molecular weight excluding hydrogens is 491 g/mol. The molecule has 0 aliphatic heterocycles. The van der Waals surface area contributed by atoms with Crippen LogP contribution in [0, 0.1) is 0 Å². The molecule has 0 atom stereocenters. The Morgan fingerprint density at radius 2 is 1.03 bits per heavy atom. The van der Waals surface area contributed by atoms with Gasteiger partial charge >= 0.3 is 0 Å². The second-order valence-corrected chi connectivity index (χ2v) is 11.1. The number of carbonyl (C=O) groups excluding carboxylic acids is 1. The van der Waals surface area contributed by atoms with Gasteiger partial charge in [0, 0.05) is 5.56 Å². The summed E-state index contributed by atoms with van der Waals surface area (Å²) < 4.78 is 0. The third-order valence-electron chi connectivity index (χ3n) is 5.44. The van der Waals surface area contributed by atoms with Gasteiger partial charge in [0.15, 0.2) is 0 Å². The van der Waals surface area contributed by atoms with E-state index in [0.29, 0.717) is 5.56 Å². The summed E-state index contributed by atoms with van der Waals surface area (Å²) in [5.74, 6) is -0.201. The van der Waals surface area contributed by atoms with Crippen molar-refractivity contribution < 1.29 is 21.8 Å². The molecule has 0 bridgehead atoms. The maximum atomic E-state index is 12.5. The number of benzene rings is 4. The molecule has 0 fully saturated rings. The molecule has 5 heteroatoms. The Hall–Kier alpha value is -3.07. The van der Waals surface area contributed by atoms with Crippen LogP contribution in [0.1, 0.15) is 17.3 Å². The second-order valence-electron chi connectivity index (χ2n) is 7.63. The van der Waals surface area contributed by atoms with Crippen LogP contribution in [0.5, 0.6) is 0 Å². The van der Waals surface area contributed by atoms with Crippen molar-refractivity contribution in [1.82, 2.24) is 5.43 Å². The Balaban J connectivity index is 0.00000306. The van der Waals surface area contributed by atoms with Gasteiger partial charge in [-0.1, -0.05) is 72.8 Å². The van der Waals surface area contributed by atoms with E-state index < -0.39 is 7.26 Å². The lowest BCUT2D eigenvalue weighted by Crippen LogP contribution is -3.00. The standard InChI is InChI=1S/C28H25N2OP.BrH/c1-23(29-30-28(31)24-14-6-2-7-15-24)22-32(25-16-8-3-9-17-25,26-18-10-4-11-19-26)27-20-12-5-13-21-27;/h2-21H,22H2,1H3;1H. The first-order valence-corrected chi connectivity index (χ1v) is 12.6. The molecule has 1 N–H and O–H groups in total. The molecule has 0 aliphatic carbocycles. The van der Waals surface area contributed by atoms with Crippen molar-refractivity contribution in [2.75, 3.05) is 6.16 Å². The van der Waals surface area contributed by atoms with Crippen molar-refractivity contribution in [3.05, 3.63) is 127 Å². The minimum absolute atomic E-state index is 0. The van der Waals surface area contributed by atoms with Gasteiger partial charge in [-0.2, -0.15) is 5.10 Å². The third kappa shape index (κ3) is 5.65. The predicted molar refractivity (Wildman–Crippen MR) is 137 cm³/mol. The topological polar surface area (TPSA) is 41.5 Å². The number of halogens is 1. The number of carbonyl (C=O) groups is 1. The lowest BCUT2D eigenvalue weighted by Gasteiger charge is -2.27. The van der Waals surface area contributed by atoms with Crippen LogP contribution < -0.4 is 38.3 Å². The molecule has 0 spiro atoms. The highest BCUT2D eigenvalue weighted by atomic mass is 79.9. The number of hydrogen-bond acceptors (Lipinski definition) is 2. The fraction of sp³-hybridized carbons (Fsp3) is 0.0714. The Labute approximate surface area is 206 Å². The largest absolute Gasteiger partial charge is 1.00 e. The van der Waals surface area contributed by atoms with Gasteiger partial charge in [0.2, 0.25) is 0 Å². The number of hydrazone groups is 1. The molecule has 0 radical (unpaired) electrons. The molecule has 4 aromatic carbocycles. The van der Waals surface area contributed by atoms with Crippen molar-refractivity contribution in [2.45, 2.75) is 6.92 Å². The molecule has 0 aliphatic rings. The summed E-state index contributed by atoms with van der Waals surface area (Å²) in [5, 5.41) is 8.39. The van der Waals surface area contributed by atoms with E-state index >= 15 is 0 Å². The van der Waals surface area contributed by atoms with Crippen molar-refractivity contribution in [1.29, 1.82) is 0 Å². The Morgan fingerprint density at radius 3 is 1.42 bits per heavy atom. The summed E-state index contributed by atoms with van der Waals surface area (Å²) in [5.41, 5.74) is 4.23. The zero-order valence-electron chi connectivity index (χ0n) is 18.4. The number of nitrogens with one attached hydrogen (secondary N) is 1. The number of rotatable bonds is 7. The predicted octanol–water partition coefficient (Wildman–Crippen LogP) is 1.79. The second kappa shape index (κ2) is 11.7. The van der Waals surface area contributed by atoms with E-state index in [4.69, 9.17) is 0 Å². The van der Waals surface area contributed by atoms with Crippen LogP contribution in [0.25, 0.3) is 0 Å². The van der Waals surface area contributed by atoms with E-state index in [9.17, 15) is 4.79 Å². The molecule has 33 heavy (non-hydrogen) atoms. The van der Waals surface area contributed by atoms with Gasteiger partial charge in [-0.25, -0.2) is 5.43 Å². The van der Waals surface area contributed by atoms with E-state index in [1.54, 1.807) is 12.1 Å². The molecule has 0 aromatic heterocycles. The SMILES string of the molecule is CC(C[P+](c1ccccc1)(c1ccccc1)c1ccccc1)=NNC(=O)c1ccccc1.[Br-]. The van der Waals surface area contributed by atoms with Crippen LogP contribution >= 0.6 is 7.26 Å². The number of hydrogen-bond donors (Lipinski definition) is 1. The lowest BCUT2D eigenvalue weighted by atomic mass is 10.2. The molecule has 0 saturated carbocycles. The first kappa shape index (κ1) is 24.6. The van der Waals surface area contributed by atoms with E-state index in [0.717, 1.165) is 11.9 Å². The van der Waals surface area contributed by atoms with Crippen molar-refractivity contribution in [2.24, 2.45) is 5.10 Å². The maximum Gasteiger partial charge on any atom is 0.271 e. The number of nitrogens with zero attached hydrogens (tertiary/aromatic N) is 1. The summed E-state index contributed by atoms with van der Waals surface area (Å²) in [6.45, 7) is 1.99. The molecule has 4 aromatic rings. The summed E-state index contributed by atoms with van der Waals surface area (Å²) in [4.78, 5) is 12.5. The molecule has 0 heterocycles. The van der Waals surface area contributed by atoms with Crippen LogP contribution in [0.4, 0.5) is 0 Å². The van der Waals surface area contributed by atoms with Gasteiger partial charge in [0.25, 0.3) is 5.91 Å². The lowest BCUT2D eigenvalue weighted by molar-refractivity contribution is -0.0000145. The average Bonchev–Trinajstić information content (AvgIpc) is 2.88. The quantitative estimate of drug-likeness (QED) is 0.227. The molecule has 1 amide bonds. The van der Waals surface area contributed by atoms with Crippen LogP contribution in [0.15, 0.2) is 126 Å². The molecule has 0 unspecified atom stereocenters.